The third-order valence-electron chi connectivity index (χ3n) is 29.1. The molecule has 4 heterocycles. The maximum atomic E-state index is 2.50. The lowest BCUT2D eigenvalue weighted by molar-refractivity contribution is 1.18. The van der Waals surface area contributed by atoms with Crippen molar-refractivity contribution in [2.45, 2.75) is 0 Å². The summed E-state index contributed by atoms with van der Waals surface area (Å²) < 4.78 is 9.74. The van der Waals surface area contributed by atoms with Crippen molar-refractivity contribution in [3.05, 3.63) is 497 Å². The van der Waals surface area contributed by atoms with E-state index in [9.17, 15) is 0 Å². The first-order valence-corrected chi connectivity index (χ1v) is 47.1. The molecule has 0 bridgehead atoms. The van der Waals surface area contributed by atoms with Crippen LogP contribution < -0.4 is 0 Å². The van der Waals surface area contributed by atoms with E-state index in [0.29, 0.717) is 0 Å². The van der Waals surface area contributed by atoms with Crippen LogP contribution in [0.2, 0.25) is 0 Å². The second-order valence-corrected chi connectivity index (χ2v) is 36.4. The maximum absolute atomic E-state index is 2.50. The SMILES string of the molecule is c1ccc(-c2cccc3cc(-c4c5cccc(-c6ccc7c(c6)c6ccccc6n7-c6ccccc6)c5cc5c(-c6ccc7c(c6)c6ccccc6n7-c6cccc(-c7cccc(-c8cccc9cc(-c%10c%11cccc(-c%12ccc%13c%14ccccc%14n(-c%14ccccc%14)c%13c%12)c%11cc%11c(-c%12ccc%13c%14ccccc%14n(-c%14ccccc%14)c%13c%12)cccc%10%11)ccc89)c7)c6)cccc45)ccc23)cc1. The van der Waals surface area contributed by atoms with Gasteiger partial charge in [-0.25, -0.2) is 0 Å². The number of rotatable bonds is 13. The van der Waals surface area contributed by atoms with Crippen LogP contribution in [0.1, 0.15) is 0 Å². The van der Waals surface area contributed by atoms with Crippen molar-refractivity contribution >= 4 is 152 Å². The molecule has 0 aliphatic carbocycles. The molecule has 24 aromatic carbocycles. The molecule has 28 rings (SSSR count). The fraction of sp³-hybridized carbons (Fsp3) is 0. The van der Waals surface area contributed by atoms with E-state index in [1.165, 1.54) is 202 Å². The van der Waals surface area contributed by atoms with Crippen LogP contribution in [0, 0.1) is 0 Å². The van der Waals surface area contributed by atoms with E-state index in [4.69, 9.17) is 0 Å². The predicted molar refractivity (Wildman–Crippen MR) is 578 cm³/mol. The number of hydrogen-bond donors (Lipinski definition) is 0. The molecule has 0 fully saturated rings. The molecule has 4 nitrogen and oxygen atoms in total. The van der Waals surface area contributed by atoms with Crippen LogP contribution >= 0.6 is 0 Å². The predicted octanol–water partition coefficient (Wildman–Crippen LogP) is 36.0. The van der Waals surface area contributed by atoms with E-state index in [-0.39, 0.29) is 0 Å². The zero-order chi connectivity index (χ0) is 89.2. The van der Waals surface area contributed by atoms with Crippen LogP contribution in [0.5, 0.6) is 0 Å². The molecular weight excluding hydrogens is 1640 g/mol. The van der Waals surface area contributed by atoms with Crippen molar-refractivity contribution in [1.82, 2.24) is 18.3 Å². The van der Waals surface area contributed by atoms with Crippen molar-refractivity contribution in [1.29, 1.82) is 0 Å². The molecule has 0 N–H and O–H groups in total. The summed E-state index contributed by atoms with van der Waals surface area (Å²) >= 11 is 0. The molecule has 0 saturated heterocycles. The molecular formula is C132H82N4. The quantitative estimate of drug-likeness (QED) is 0.103. The lowest BCUT2D eigenvalue weighted by atomic mass is 9.85. The first-order chi connectivity index (χ1) is 67.5. The zero-order valence-electron chi connectivity index (χ0n) is 74.1. The smallest absolute Gasteiger partial charge is 0.0547 e. The van der Waals surface area contributed by atoms with Gasteiger partial charge in [-0.15, -0.1) is 0 Å². The topological polar surface area (TPSA) is 19.7 Å². The Balaban J connectivity index is 0.560. The Morgan fingerprint density at radius 2 is 0.360 bits per heavy atom. The van der Waals surface area contributed by atoms with Gasteiger partial charge in [0, 0.05) is 65.8 Å². The molecule has 0 spiro atoms. The van der Waals surface area contributed by atoms with Crippen LogP contribution in [0.3, 0.4) is 0 Å². The van der Waals surface area contributed by atoms with Gasteiger partial charge in [-0.1, -0.05) is 358 Å². The van der Waals surface area contributed by atoms with Gasteiger partial charge >= 0.3 is 0 Å². The maximum Gasteiger partial charge on any atom is 0.0547 e. The van der Waals surface area contributed by atoms with Gasteiger partial charge in [-0.3, -0.25) is 0 Å². The summed E-state index contributed by atoms with van der Waals surface area (Å²) in [5, 5.41) is 24.2. The van der Waals surface area contributed by atoms with E-state index in [1.807, 2.05) is 0 Å². The summed E-state index contributed by atoms with van der Waals surface area (Å²) in [5.41, 5.74) is 35.2. The standard InChI is InChI=1S/C132H82N4/c1-5-29-83(30-6-1)99-47-23-34-87-74-93(63-67-105(87)99)131-113-53-25-49-101(89-65-71-127-121(77-89)109-45-15-19-59-125(109)133(127)95-36-7-2-8-37-95)117(113)81-118-102(50-26-54-114(118)131)90-66-72-128-122(78-90)110-46-16-20-60-126(110)136(128)98-42-22-32-85(76-98)84-31-21-33-86(73-84)100-48-24-35-88-75-94(64-68-106(88)100)132-115-55-27-51-103(91-61-69-111-107-43-13-17-57-123(107)134(129(111)79-91)96-38-9-3-10-39-96)119(115)82-120-104(52-28-56-116(120)132)92-62-70-112-108-44-14-18-58-124(108)135(130(112)80-92)97-40-11-4-12-41-97/h1-82H. The lowest BCUT2D eigenvalue weighted by Crippen LogP contribution is -1.94. The Kier molecular flexibility index (Phi) is 17.4. The summed E-state index contributed by atoms with van der Waals surface area (Å²) in [6, 6.07) is 186. The van der Waals surface area contributed by atoms with Crippen molar-refractivity contribution in [3.8, 4) is 123 Å². The van der Waals surface area contributed by atoms with Gasteiger partial charge in [-0.05, 0) is 304 Å². The highest BCUT2D eigenvalue weighted by Gasteiger charge is 2.26. The van der Waals surface area contributed by atoms with E-state index in [0.717, 1.165) is 72.7 Å². The highest BCUT2D eigenvalue weighted by atomic mass is 15.0. The Bertz CT molecular complexity index is 9640. The minimum absolute atomic E-state index is 1.10. The van der Waals surface area contributed by atoms with Crippen LogP contribution in [0.4, 0.5) is 0 Å². The van der Waals surface area contributed by atoms with Crippen LogP contribution in [0.25, 0.3) is 275 Å². The minimum Gasteiger partial charge on any atom is -0.309 e. The van der Waals surface area contributed by atoms with Crippen molar-refractivity contribution in [2.24, 2.45) is 0 Å². The first-order valence-electron chi connectivity index (χ1n) is 47.1. The molecule has 4 heteroatoms. The summed E-state index contributed by atoms with van der Waals surface area (Å²) in [4.78, 5) is 0. The van der Waals surface area contributed by atoms with Gasteiger partial charge < -0.3 is 18.3 Å². The molecule has 0 radical (unpaired) electrons. The fourth-order valence-electron chi connectivity index (χ4n) is 23.1. The Labute approximate surface area is 784 Å². The van der Waals surface area contributed by atoms with E-state index < -0.39 is 0 Å². The van der Waals surface area contributed by atoms with Gasteiger partial charge in [0.1, 0.15) is 0 Å². The molecule has 28 aromatic rings. The summed E-state index contributed by atoms with van der Waals surface area (Å²) in [5.74, 6) is 0. The second kappa shape index (κ2) is 30.8. The number of fused-ring (bicyclic) bond motifs is 18. The van der Waals surface area contributed by atoms with Gasteiger partial charge in [0.2, 0.25) is 0 Å². The normalized spacial score (nSPS) is 12.0. The summed E-state index contributed by atoms with van der Waals surface area (Å²) in [6.07, 6.45) is 0. The Hall–Kier alpha value is -18.0. The number of hydrogen-bond acceptors (Lipinski definition) is 0. The summed E-state index contributed by atoms with van der Waals surface area (Å²) in [6.45, 7) is 0. The van der Waals surface area contributed by atoms with Gasteiger partial charge in [0.25, 0.3) is 0 Å². The van der Waals surface area contributed by atoms with Crippen LogP contribution in [-0.4, -0.2) is 18.3 Å². The zero-order valence-corrected chi connectivity index (χ0v) is 74.1. The van der Waals surface area contributed by atoms with Gasteiger partial charge in [0.15, 0.2) is 0 Å². The van der Waals surface area contributed by atoms with E-state index in [2.05, 4.69) is 516 Å². The highest BCUT2D eigenvalue weighted by molar-refractivity contribution is 6.24. The van der Waals surface area contributed by atoms with Crippen LogP contribution in [-0.2, 0) is 0 Å². The number of benzene rings is 24. The van der Waals surface area contributed by atoms with Crippen LogP contribution in [0.15, 0.2) is 497 Å². The number of aromatic nitrogens is 4. The average molecular weight is 1720 g/mol. The third-order valence-corrected chi connectivity index (χ3v) is 29.1. The molecule has 0 saturated carbocycles. The molecule has 630 valence electrons. The number of para-hydroxylation sites is 7. The molecule has 0 unspecified atom stereocenters. The van der Waals surface area contributed by atoms with Crippen molar-refractivity contribution in [2.75, 3.05) is 0 Å². The minimum atomic E-state index is 1.10. The molecule has 0 aliphatic heterocycles. The molecule has 0 atom stereocenters. The van der Waals surface area contributed by atoms with Gasteiger partial charge in [0.05, 0.1) is 44.1 Å². The average Bonchev–Trinajstić information content (AvgIpc) is 0.933. The third kappa shape index (κ3) is 12.1. The molecule has 136 heavy (non-hydrogen) atoms. The molecule has 4 aromatic heterocycles. The second-order valence-electron chi connectivity index (χ2n) is 36.4. The Morgan fingerprint density at radius 3 is 0.787 bits per heavy atom. The highest BCUT2D eigenvalue weighted by Crippen LogP contribution is 2.51. The summed E-state index contributed by atoms with van der Waals surface area (Å²) in [7, 11) is 0. The van der Waals surface area contributed by atoms with Gasteiger partial charge in [-0.2, -0.15) is 0 Å². The number of nitrogens with zero attached hydrogens (tertiary/aromatic N) is 4. The van der Waals surface area contributed by atoms with Crippen molar-refractivity contribution < 1.29 is 0 Å². The monoisotopic (exact) mass is 1720 g/mol. The fourth-order valence-corrected chi connectivity index (χ4v) is 23.1. The largest absolute Gasteiger partial charge is 0.309 e. The Morgan fingerprint density at radius 1 is 0.103 bits per heavy atom. The molecule has 0 amide bonds. The lowest BCUT2D eigenvalue weighted by Gasteiger charge is -2.18. The molecule has 0 aliphatic rings. The van der Waals surface area contributed by atoms with E-state index in [1.54, 1.807) is 0 Å². The van der Waals surface area contributed by atoms with Crippen molar-refractivity contribution in [3.63, 3.8) is 0 Å². The van der Waals surface area contributed by atoms with E-state index >= 15 is 0 Å². The first kappa shape index (κ1) is 76.9.